The number of ketones is 1. The SMILES string of the molecule is CC.Cc1ncc(C(=O)C(C)C)s1. The summed E-state index contributed by atoms with van der Waals surface area (Å²) in [6.07, 6.45) is 1.66. The summed E-state index contributed by atoms with van der Waals surface area (Å²) in [6, 6.07) is 0. The van der Waals surface area contributed by atoms with Crippen LogP contribution in [0.3, 0.4) is 0 Å². The Morgan fingerprint density at radius 1 is 1.46 bits per heavy atom. The molecule has 0 aromatic carbocycles. The number of carbonyl (C=O) groups is 1. The molecule has 1 heterocycles. The van der Waals surface area contributed by atoms with Crippen molar-refractivity contribution in [1.82, 2.24) is 4.98 Å². The number of Topliss-reactive ketones (excluding diaryl/α,β-unsaturated/α-hetero) is 1. The Kier molecular flexibility index (Phi) is 5.55. The summed E-state index contributed by atoms with van der Waals surface area (Å²) in [7, 11) is 0. The van der Waals surface area contributed by atoms with Gasteiger partial charge in [0.15, 0.2) is 5.78 Å². The van der Waals surface area contributed by atoms with Crippen molar-refractivity contribution in [2.24, 2.45) is 5.92 Å². The van der Waals surface area contributed by atoms with Gasteiger partial charge in [-0.25, -0.2) is 4.98 Å². The van der Waals surface area contributed by atoms with Crippen molar-refractivity contribution in [2.75, 3.05) is 0 Å². The Balaban J connectivity index is 0.000000671. The molecule has 0 saturated heterocycles. The lowest BCUT2D eigenvalue weighted by atomic mass is 10.1. The average Bonchev–Trinajstić information content (AvgIpc) is 2.54. The summed E-state index contributed by atoms with van der Waals surface area (Å²) in [5.41, 5.74) is 0. The van der Waals surface area contributed by atoms with Crippen LogP contribution < -0.4 is 0 Å². The molecular formula is C10H17NOS. The molecule has 0 bridgehead atoms. The lowest BCUT2D eigenvalue weighted by molar-refractivity contribution is 0.0943. The largest absolute Gasteiger partial charge is 0.293 e. The normalized spacial score (nSPS) is 9.38. The first-order valence-corrected chi connectivity index (χ1v) is 5.39. The van der Waals surface area contributed by atoms with Crippen molar-refractivity contribution in [1.29, 1.82) is 0 Å². The van der Waals surface area contributed by atoms with Crippen LogP contribution in [-0.4, -0.2) is 10.8 Å². The van der Waals surface area contributed by atoms with Crippen molar-refractivity contribution in [2.45, 2.75) is 34.6 Å². The average molecular weight is 199 g/mol. The maximum Gasteiger partial charge on any atom is 0.176 e. The van der Waals surface area contributed by atoms with Gasteiger partial charge in [-0.2, -0.15) is 0 Å². The van der Waals surface area contributed by atoms with Gasteiger partial charge >= 0.3 is 0 Å². The minimum atomic E-state index is 0.0786. The standard InChI is InChI=1S/C8H11NOS.C2H6/c1-5(2)8(10)7-4-9-6(3)11-7;1-2/h4-5H,1-3H3;1-2H3. The number of rotatable bonds is 2. The first-order chi connectivity index (χ1) is 6.11. The number of thiazole rings is 1. The quantitative estimate of drug-likeness (QED) is 0.684. The minimum Gasteiger partial charge on any atom is -0.293 e. The Morgan fingerprint density at radius 2 is 2.00 bits per heavy atom. The molecule has 0 saturated carbocycles. The fourth-order valence-electron chi connectivity index (χ4n) is 0.760. The summed E-state index contributed by atoms with van der Waals surface area (Å²) < 4.78 is 0. The number of aromatic nitrogens is 1. The first kappa shape index (κ1) is 12.3. The molecule has 0 amide bonds. The van der Waals surface area contributed by atoms with E-state index in [1.807, 2.05) is 34.6 Å². The van der Waals surface area contributed by atoms with Crippen LogP contribution in [0.2, 0.25) is 0 Å². The molecule has 0 aliphatic carbocycles. The van der Waals surface area contributed by atoms with Crippen molar-refractivity contribution in [3.8, 4) is 0 Å². The van der Waals surface area contributed by atoms with Crippen LogP contribution in [0.1, 0.15) is 42.4 Å². The predicted molar refractivity (Wildman–Crippen MR) is 57.4 cm³/mol. The van der Waals surface area contributed by atoms with Crippen LogP contribution in [0.4, 0.5) is 0 Å². The number of carbonyl (C=O) groups excluding carboxylic acids is 1. The molecule has 0 aliphatic heterocycles. The van der Waals surface area contributed by atoms with Gasteiger partial charge < -0.3 is 0 Å². The molecule has 0 N–H and O–H groups in total. The Hall–Kier alpha value is -0.700. The van der Waals surface area contributed by atoms with Gasteiger partial charge in [0.1, 0.15) is 0 Å². The molecule has 0 fully saturated rings. The predicted octanol–water partition coefficient (Wildman–Crippen LogP) is 3.32. The summed E-state index contributed by atoms with van der Waals surface area (Å²) in [5, 5.41) is 0.953. The highest BCUT2D eigenvalue weighted by atomic mass is 32.1. The van der Waals surface area contributed by atoms with Gasteiger partial charge in [0.05, 0.1) is 9.88 Å². The van der Waals surface area contributed by atoms with Crippen molar-refractivity contribution >= 4 is 17.1 Å². The van der Waals surface area contributed by atoms with Gasteiger partial charge in [0.2, 0.25) is 0 Å². The molecule has 0 atom stereocenters. The Bertz CT molecular complexity index is 266. The van der Waals surface area contributed by atoms with Crippen molar-refractivity contribution < 1.29 is 4.79 Å². The summed E-state index contributed by atoms with van der Waals surface area (Å²) in [5.74, 6) is 0.269. The maximum absolute atomic E-state index is 11.3. The molecule has 3 heteroatoms. The highest BCUT2D eigenvalue weighted by Crippen LogP contribution is 2.15. The molecule has 74 valence electrons. The second-order valence-electron chi connectivity index (χ2n) is 2.76. The van der Waals surface area contributed by atoms with E-state index in [4.69, 9.17) is 0 Å². The van der Waals surface area contributed by atoms with Crippen LogP contribution in [-0.2, 0) is 0 Å². The fourth-order valence-corrected chi connectivity index (χ4v) is 1.63. The van der Waals surface area contributed by atoms with E-state index < -0.39 is 0 Å². The van der Waals surface area contributed by atoms with E-state index in [9.17, 15) is 4.79 Å². The fraction of sp³-hybridized carbons (Fsp3) is 0.600. The Morgan fingerprint density at radius 3 is 2.31 bits per heavy atom. The molecule has 1 aromatic heterocycles. The van der Waals surface area contributed by atoms with Crippen LogP contribution in [0.25, 0.3) is 0 Å². The number of hydrogen-bond acceptors (Lipinski definition) is 3. The van der Waals surface area contributed by atoms with Gasteiger partial charge in [0, 0.05) is 12.1 Å². The van der Waals surface area contributed by atoms with Crippen molar-refractivity contribution in [3.63, 3.8) is 0 Å². The maximum atomic E-state index is 11.3. The van der Waals surface area contributed by atoms with E-state index in [0.29, 0.717) is 0 Å². The third-order valence-electron chi connectivity index (χ3n) is 1.39. The van der Waals surface area contributed by atoms with Crippen LogP contribution in [0, 0.1) is 12.8 Å². The molecule has 0 radical (unpaired) electrons. The van der Waals surface area contributed by atoms with Gasteiger partial charge in [0.25, 0.3) is 0 Å². The van der Waals surface area contributed by atoms with E-state index in [-0.39, 0.29) is 11.7 Å². The minimum absolute atomic E-state index is 0.0786. The molecule has 1 aromatic rings. The molecular weight excluding hydrogens is 182 g/mol. The van der Waals surface area contributed by atoms with E-state index in [1.54, 1.807) is 6.20 Å². The molecule has 0 aliphatic rings. The third kappa shape index (κ3) is 3.68. The molecule has 0 spiro atoms. The first-order valence-electron chi connectivity index (χ1n) is 4.58. The lowest BCUT2D eigenvalue weighted by Crippen LogP contribution is -2.04. The molecule has 1 rings (SSSR count). The van der Waals surface area contributed by atoms with Gasteiger partial charge in [-0.15, -0.1) is 11.3 Å². The summed E-state index contributed by atoms with van der Waals surface area (Å²) in [6.45, 7) is 9.70. The third-order valence-corrected chi connectivity index (χ3v) is 2.32. The molecule has 13 heavy (non-hydrogen) atoms. The lowest BCUT2D eigenvalue weighted by Gasteiger charge is -1.97. The van der Waals surface area contributed by atoms with E-state index in [0.717, 1.165) is 9.88 Å². The zero-order valence-electron chi connectivity index (χ0n) is 8.92. The molecule has 0 unspecified atom stereocenters. The van der Waals surface area contributed by atoms with Crippen molar-refractivity contribution in [3.05, 3.63) is 16.1 Å². The van der Waals surface area contributed by atoms with Crippen LogP contribution in [0.15, 0.2) is 6.20 Å². The smallest absolute Gasteiger partial charge is 0.176 e. The van der Waals surface area contributed by atoms with Crippen LogP contribution >= 0.6 is 11.3 Å². The summed E-state index contributed by atoms with van der Waals surface area (Å²) >= 11 is 1.46. The number of hydrogen-bond donors (Lipinski definition) is 0. The monoisotopic (exact) mass is 199 g/mol. The number of nitrogens with zero attached hydrogens (tertiary/aromatic N) is 1. The highest BCUT2D eigenvalue weighted by molar-refractivity contribution is 7.13. The second kappa shape index (κ2) is 5.86. The highest BCUT2D eigenvalue weighted by Gasteiger charge is 2.12. The zero-order chi connectivity index (χ0) is 10.4. The van der Waals surface area contributed by atoms with E-state index in [1.165, 1.54) is 11.3 Å². The van der Waals surface area contributed by atoms with E-state index >= 15 is 0 Å². The van der Waals surface area contributed by atoms with E-state index in [2.05, 4.69) is 4.98 Å². The zero-order valence-corrected chi connectivity index (χ0v) is 9.73. The Labute approximate surface area is 84.0 Å². The molecule has 2 nitrogen and oxygen atoms in total. The topological polar surface area (TPSA) is 30.0 Å². The second-order valence-corrected chi connectivity index (χ2v) is 4.00. The number of aryl methyl sites for hydroxylation is 1. The van der Waals surface area contributed by atoms with Gasteiger partial charge in [-0.05, 0) is 6.92 Å². The van der Waals surface area contributed by atoms with Gasteiger partial charge in [-0.3, -0.25) is 4.79 Å². The van der Waals surface area contributed by atoms with Gasteiger partial charge in [-0.1, -0.05) is 27.7 Å². The van der Waals surface area contributed by atoms with Crippen LogP contribution in [0.5, 0.6) is 0 Å². The summed E-state index contributed by atoms with van der Waals surface area (Å²) in [4.78, 5) is 16.1.